The van der Waals surface area contributed by atoms with Crippen molar-refractivity contribution < 1.29 is 13.9 Å². The van der Waals surface area contributed by atoms with E-state index in [2.05, 4.69) is 5.92 Å². The number of carbonyl (C=O) groups excluding carboxylic acids is 1. The van der Waals surface area contributed by atoms with Crippen LogP contribution in [-0.2, 0) is 18.9 Å². The lowest BCUT2D eigenvalue weighted by molar-refractivity contribution is -0.121. The Bertz CT molecular complexity index is 978. The third-order valence-corrected chi connectivity index (χ3v) is 4.29. The zero-order valence-electron chi connectivity index (χ0n) is 12.9. The SMILES string of the molecule is C#CCN1C(=O)COc2cc(F)c(-n3c(=O)n(C)n(C)c3=S)cc21. The van der Waals surface area contributed by atoms with Gasteiger partial charge in [0.2, 0.25) is 4.77 Å². The molecule has 0 radical (unpaired) electrons. The Kier molecular flexibility index (Phi) is 3.77. The van der Waals surface area contributed by atoms with E-state index in [1.54, 1.807) is 7.05 Å². The Morgan fingerprint density at radius 2 is 2.00 bits per heavy atom. The average Bonchev–Trinajstić information content (AvgIpc) is 2.74. The van der Waals surface area contributed by atoms with Crippen molar-refractivity contribution in [2.75, 3.05) is 18.1 Å². The molecule has 0 bridgehead atoms. The van der Waals surface area contributed by atoms with Crippen LogP contribution in [0.4, 0.5) is 10.1 Å². The Morgan fingerprint density at radius 1 is 1.29 bits per heavy atom. The molecule has 24 heavy (non-hydrogen) atoms. The van der Waals surface area contributed by atoms with E-state index < -0.39 is 11.5 Å². The third kappa shape index (κ3) is 2.23. The predicted octanol–water partition coefficient (Wildman–Crippen LogP) is 0.742. The van der Waals surface area contributed by atoms with Gasteiger partial charge >= 0.3 is 5.69 Å². The fourth-order valence-corrected chi connectivity index (χ4v) is 2.78. The molecule has 1 aliphatic heterocycles. The van der Waals surface area contributed by atoms with Crippen molar-refractivity contribution in [3.05, 3.63) is 33.2 Å². The van der Waals surface area contributed by atoms with Crippen LogP contribution in [0, 0.1) is 22.9 Å². The van der Waals surface area contributed by atoms with Crippen LogP contribution in [0.1, 0.15) is 0 Å². The number of aromatic nitrogens is 3. The third-order valence-electron chi connectivity index (χ3n) is 3.85. The quantitative estimate of drug-likeness (QED) is 0.593. The van der Waals surface area contributed by atoms with Crippen LogP contribution >= 0.6 is 12.2 Å². The molecule has 1 aliphatic rings. The first-order valence-corrected chi connectivity index (χ1v) is 7.33. The van der Waals surface area contributed by atoms with Crippen molar-refractivity contribution in [1.29, 1.82) is 0 Å². The molecule has 0 fully saturated rings. The van der Waals surface area contributed by atoms with E-state index >= 15 is 0 Å². The molecule has 7 nitrogen and oxygen atoms in total. The van der Waals surface area contributed by atoms with Gasteiger partial charge in [0.05, 0.1) is 17.9 Å². The molecule has 2 heterocycles. The maximum Gasteiger partial charge on any atom is 0.349 e. The standard InChI is InChI=1S/C15H13FN4O3S/c1-4-5-19-11-7-10(9(16)6-12(11)23-8-13(19)21)20-14(22)17(2)18(3)15(20)24/h1,6-7H,5,8H2,2-3H3. The van der Waals surface area contributed by atoms with Crippen molar-refractivity contribution in [2.24, 2.45) is 14.1 Å². The summed E-state index contributed by atoms with van der Waals surface area (Å²) in [4.78, 5) is 25.6. The number of nitrogens with zero attached hydrogens (tertiary/aromatic N) is 4. The highest BCUT2D eigenvalue weighted by Crippen LogP contribution is 2.35. The summed E-state index contributed by atoms with van der Waals surface area (Å²) in [5.74, 6) is 1.53. The lowest BCUT2D eigenvalue weighted by Gasteiger charge is -2.28. The van der Waals surface area contributed by atoms with Gasteiger partial charge in [-0.2, -0.15) is 0 Å². The van der Waals surface area contributed by atoms with Crippen LogP contribution in [0.2, 0.25) is 0 Å². The van der Waals surface area contributed by atoms with Crippen molar-refractivity contribution >= 4 is 23.8 Å². The molecule has 9 heteroatoms. The maximum absolute atomic E-state index is 14.5. The van der Waals surface area contributed by atoms with Crippen LogP contribution in [0.25, 0.3) is 5.69 Å². The second-order valence-electron chi connectivity index (χ2n) is 5.19. The lowest BCUT2D eigenvalue weighted by Crippen LogP contribution is -2.39. The smallest absolute Gasteiger partial charge is 0.349 e. The molecule has 3 rings (SSSR count). The number of carbonyl (C=O) groups is 1. The minimum atomic E-state index is -0.692. The first-order chi connectivity index (χ1) is 11.4. The van der Waals surface area contributed by atoms with Crippen LogP contribution in [0.5, 0.6) is 5.75 Å². The molecule has 124 valence electrons. The summed E-state index contributed by atoms with van der Waals surface area (Å²) in [6.07, 6.45) is 5.29. The monoisotopic (exact) mass is 348 g/mol. The van der Waals surface area contributed by atoms with Gasteiger partial charge in [0.1, 0.15) is 5.75 Å². The van der Waals surface area contributed by atoms with E-state index in [1.807, 2.05) is 0 Å². The Balaban J connectivity index is 2.28. The summed E-state index contributed by atoms with van der Waals surface area (Å²) in [5, 5.41) is 0. The Labute approximate surface area is 141 Å². The summed E-state index contributed by atoms with van der Waals surface area (Å²) in [5.41, 5.74) is -0.276. The highest BCUT2D eigenvalue weighted by molar-refractivity contribution is 7.71. The summed E-state index contributed by atoms with van der Waals surface area (Å²) < 4.78 is 23.6. The van der Waals surface area contributed by atoms with Gasteiger partial charge in [-0.25, -0.2) is 18.4 Å². The summed E-state index contributed by atoms with van der Waals surface area (Å²) >= 11 is 5.20. The molecule has 0 N–H and O–H groups in total. The second-order valence-corrected chi connectivity index (χ2v) is 5.56. The molecule has 0 saturated carbocycles. The molecule has 0 unspecified atom stereocenters. The molecule has 1 aromatic heterocycles. The number of terminal acetylenes is 1. The molecule has 0 atom stereocenters. The van der Waals surface area contributed by atoms with Crippen molar-refractivity contribution in [2.45, 2.75) is 0 Å². The minimum Gasteiger partial charge on any atom is -0.481 e. The highest BCUT2D eigenvalue weighted by atomic mass is 32.1. The summed E-state index contributed by atoms with van der Waals surface area (Å²) in [6.45, 7) is -0.210. The van der Waals surface area contributed by atoms with E-state index in [9.17, 15) is 14.0 Å². The average molecular weight is 348 g/mol. The molecule has 0 spiro atoms. The fourth-order valence-electron chi connectivity index (χ4n) is 2.48. The number of hydrogen-bond donors (Lipinski definition) is 0. The molecular formula is C15H13FN4O3S. The first kappa shape index (κ1) is 16.0. The van der Waals surface area contributed by atoms with Crippen LogP contribution in [0.15, 0.2) is 16.9 Å². The number of hydrogen-bond acceptors (Lipinski definition) is 4. The number of anilines is 1. The number of rotatable bonds is 2. The highest BCUT2D eigenvalue weighted by Gasteiger charge is 2.28. The zero-order chi connectivity index (χ0) is 17.6. The van der Waals surface area contributed by atoms with Gasteiger partial charge in [-0.1, -0.05) is 5.92 Å². The summed E-state index contributed by atoms with van der Waals surface area (Å²) in [6, 6.07) is 2.46. The normalized spacial score (nSPS) is 13.4. The van der Waals surface area contributed by atoms with Gasteiger partial charge in [-0.3, -0.25) is 14.4 Å². The largest absolute Gasteiger partial charge is 0.481 e. The van der Waals surface area contributed by atoms with Crippen LogP contribution in [0.3, 0.4) is 0 Å². The molecule has 1 amide bonds. The summed E-state index contributed by atoms with van der Waals surface area (Å²) in [7, 11) is 3.11. The molecule has 1 aromatic carbocycles. The number of halogens is 1. The van der Waals surface area contributed by atoms with E-state index in [4.69, 9.17) is 23.4 Å². The van der Waals surface area contributed by atoms with Gasteiger partial charge in [0.15, 0.2) is 12.4 Å². The fraction of sp³-hybridized carbons (Fsp3) is 0.267. The van der Waals surface area contributed by atoms with E-state index in [1.165, 1.54) is 27.4 Å². The van der Waals surface area contributed by atoms with Crippen molar-refractivity contribution in [1.82, 2.24) is 13.9 Å². The van der Waals surface area contributed by atoms with Gasteiger partial charge in [-0.15, -0.1) is 6.42 Å². The van der Waals surface area contributed by atoms with E-state index in [0.29, 0.717) is 5.69 Å². The molecule has 0 aliphatic carbocycles. The van der Waals surface area contributed by atoms with Crippen molar-refractivity contribution in [3.63, 3.8) is 0 Å². The maximum atomic E-state index is 14.5. The second kappa shape index (κ2) is 5.65. The van der Waals surface area contributed by atoms with Gasteiger partial charge in [-0.05, 0) is 18.3 Å². The zero-order valence-corrected chi connectivity index (χ0v) is 13.8. The van der Waals surface area contributed by atoms with E-state index in [-0.39, 0.29) is 35.3 Å². The van der Waals surface area contributed by atoms with Gasteiger partial charge in [0, 0.05) is 20.2 Å². The Hall–Kier alpha value is -2.86. The van der Waals surface area contributed by atoms with Gasteiger partial charge < -0.3 is 4.74 Å². The van der Waals surface area contributed by atoms with Crippen molar-refractivity contribution in [3.8, 4) is 23.8 Å². The van der Waals surface area contributed by atoms with E-state index in [0.717, 1.165) is 10.6 Å². The number of benzene rings is 1. The van der Waals surface area contributed by atoms with Crippen LogP contribution in [-0.4, -0.2) is 33.0 Å². The first-order valence-electron chi connectivity index (χ1n) is 6.92. The molecular weight excluding hydrogens is 335 g/mol. The number of amides is 1. The topological polar surface area (TPSA) is 61.4 Å². The Morgan fingerprint density at radius 3 is 2.58 bits per heavy atom. The lowest BCUT2D eigenvalue weighted by atomic mass is 10.2. The minimum absolute atomic E-state index is 0.0124. The van der Waals surface area contributed by atoms with Crippen LogP contribution < -0.4 is 15.3 Å². The number of ether oxygens (including phenoxy) is 1. The molecule has 0 saturated heterocycles. The molecule has 2 aromatic rings. The number of fused-ring (bicyclic) bond motifs is 1. The van der Waals surface area contributed by atoms with Gasteiger partial charge in [0.25, 0.3) is 5.91 Å². The predicted molar refractivity (Wildman–Crippen MR) is 87.5 cm³/mol.